The van der Waals surface area contributed by atoms with Crippen LogP contribution in [0.1, 0.15) is 13.3 Å². The first-order valence-electron chi connectivity index (χ1n) is 6.24. The first-order valence-corrected chi connectivity index (χ1v) is 7.40. The van der Waals surface area contributed by atoms with E-state index in [1.54, 1.807) is 29.1 Å². The third kappa shape index (κ3) is 3.50. The fraction of sp³-hybridized carbons (Fsp3) is 0.583. The Hall–Kier alpha value is -1.50. The summed E-state index contributed by atoms with van der Waals surface area (Å²) < 4.78 is 5.43. The zero-order valence-electron chi connectivity index (χ0n) is 10.8. The SMILES string of the molecule is CCCOc1cncc(N2CCSCC2C(=O)O)n1. The predicted molar refractivity (Wildman–Crippen MR) is 73.9 cm³/mol. The number of aliphatic carboxylic acids is 1. The molecule has 2 heterocycles. The maximum atomic E-state index is 11.3. The van der Waals surface area contributed by atoms with Gasteiger partial charge in [0, 0.05) is 18.1 Å². The van der Waals surface area contributed by atoms with Crippen molar-refractivity contribution >= 4 is 23.5 Å². The molecule has 0 aliphatic carbocycles. The van der Waals surface area contributed by atoms with Gasteiger partial charge in [-0.15, -0.1) is 0 Å². The molecule has 1 aliphatic heterocycles. The van der Waals surface area contributed by atoms with Gasteiger partial charge in [-0.25, -0.2) is 4.79 Å². The Morgan fingerprint density at radius 2 is 2.47 bits per heavy atom. The van der Waals surface area contributed by atoms with Gasteiger partial charge in [-0.3, -0.25) is 4.98 Å². The van der Waals surface area contributed by atoms with Gasteiger partial charge in [-0.05, 0) is 6.42 Å². The number of thioether (sulfide) groups is 1. The lowest BCUT2D eigenvalue weighted by molar-refractivity contribution is -0.138. The number of carboxylic acid groups (broad SMARTS) is 1. The lowest BCUT2D eigenvalue weighted by Crippen LogP contribution is -2.47. The van der Waals surface area contributed by atoms with E-state index in [2.05, 4.69) is 9.97 Å². The second kappa shape index (κ2) is 6.60. The fourth-order valence-electron chi connectivity index (χ4n) is 1.84. The van der Waals surface area contributed by atoms with Crippen molar-refractivity contribution in [2.45, 2.75) is 19.4 Å². The Kier molecular flexibility index (Phi) is 4.84. The third-order valence-corrected chi connectivity index (χ3v) is 3.78. The van der Waals surface area contributed by atoms with Gasteiger partial charge in [0.05, 0.1) is 19.0 Å². The van der Waals surface area contributed by atoms with Gasteiger partial charge in [0.1, 0.15) is 6.04 Å². The maximum Gasteiger partial charge on any atom is 0.327 e. The van der Waals surface area contributed by atoms with Crippen LogP contribution >= 0.6 is 11.8 Å². The first-order chi connectivity index (χ1) is 9.22. The van der Waals surface area contributed by atoms with Gasteiger partial charge in [-0.2, -0.15) is 16.7 Å². The topological polar surface area (TPSA) is 75.5 Å². The molecular formula is C12H17N3O3S. The molecule has 1 aromatic rings. The molecule has 6 nitrogen and oxygen atoms in total. The molecule has 0 aromatic carbocycles. The average molecular weight is 283 g/mol. The summed E-state index contributed by atoms with van der Waals surface area (Å²) in [6.07, 6.45) is 4.03. The van der Waals surface area contributed by atoms with E-state index in [4.69, 9.17) is 4.74 Å². The minimum absolute atomic E-state index is 0.446. The van der Waals surface area contributed by atoms with Crippen LogP contribution in [0.4, 0.5) is 5.82 Å². The number of carboxylic acids is 1. The normalized spacial score (nSPS) is 19.2. The highest BCUT2D eigenvalue weighted by Gasteiger charge is 2.30. The highest BCUT2D eigenvalue weighted by molar-refractivity contribution is 7.99. The summed E-state index contributed by atoms with van der Waals surface area (Å²) in [7, 11) is 0. The van der Waals surface area contributed by atoms with Gasteiger partial charge in [0.2, 0.25) is 5.88 Å². The maximum absolute atomic E-state index is 11.3. The zero-order chi connectivity index (χ0) is 13.7. The van der Waals surface area contributed by atoms with Crippen molar-refractivity contribution in [3.63, 3.8) is 0 Å². The molecule has 0 spiro atoms. The first kappa shape index (κ1) is 13.9. The van der Waals surface area contributed by atoms with E-state index in [1.807, 2.05) is 6.92 Å². The monoisotopic (exact) mass is 283 g/mol. The number of nitrogens with zero attached hydrogens (tertiary/aromatic N) is 3. The lowest BCUT2D eigenvalue weighted by atomic mass is 10.3. The van der Waals surface area contributed by atoms with Crippen molar-refractivity contribution in [2.75, 3.05) is 29.6 Å². The largest absolute Gasteiger partial charge is 0.480 e. The van der Waals surface area contributed by atoms with Crippen LogP contribution in [0.2, 0.25) is 0 Å². The van der Waals surface area contributed by atoms with Gasteiger partial charge in [-0.1, -0.05) is 6.92 Å². The molecule has 1 aliphatic rings. The molecule has 0 amide bonds. The zero-order valence-corrected chi connectivity index (χ0v) is 11.6. The predicted octanol–water partition coefficient (Wildman–Crippen LogP) is 1.27. The molecule has 1 saturated heterocycles. The van der Waals surface area contributed by atoms with Gasteiger partial charge >= 0.3 is 5.97 Å². The Morgan fingerprint density at radius 1 is 1.63 bits per heavy atom. The highest BCUT2D eigenvalue weighted by atomic mass is 32.2. The Morgan fingerprint density at radius 3 is 3.21 bits per heavy atom. The Labute approximate surface area is 116 Å². The number of carbonyl (C=O) groups is 1. The molecule has 104 valence electrons. The third-order valence-electron chi connectivity index (χ3n) is 2.76. The molecule has 19 heavy (non-hydrogen) atoms. The van der Waals surface area contributed by atoms with E-state index >= 15 is 0 Å². The van der Waals surface area contributed by atoms with Crippen molar-refractivity contribution in [3.8, 4) is 5.88 Å². The van der Waals surface area contributed by atoms with Crippen molar-refractivity contribution < 1.29 is 14.6 Å². The summed E-state index contributed by atoms with van der Waals surface area (Å²) in [5, 5.41) is 9.25. The van der Waals surface area contributed by atoms with Gasteiger partial charge in [0.25, 0.3) is 0 Å². The van der Waals surface area contributed by atoms with Crippen LogP contribution in [-0.2, 0) is 4.79 Å². The number of anilines is 1. The van der Waals surface area contributed by atoms with E-state index in [0.29, 0.717) is 30.6 Å². The van der Waals surface area contributed by atoms with E-state index in [-0.39, 0.29) is 0 Å². The second-order valence-electron chi connectivity index (χ2n) is 4.19. The minimum Gasteiger partial charge on any atom is -0.480 e. The average Bonchev–Trinajstić information content (AvgIpc) is 2.45. The van der Waals surface area contributed by atoms with Crippen LogP contribution in [0, 0.1) is 0 Å². The van der Waals surface area contributed by atoms with Crippen LogP contribution in [0.15, 0.2) is 12.4 Å². The summed E-state index contributed by atoms with van der Waals surface area (Å²) in [6, 6.07) is -0.547. The number of hydrogen-bond donors (Lipinski definition) is 1. The van der Waals surface area contributed by atoms with Gasteiger partial charge < -0.3 is 14.7 Å². The molecule has 1 aromatic heterocycles. The van der Waals surface area contributed by atoms with Crippen LogP contribution in [0.5, 0.6) is 5.88 Å². The molecule has 0 bridgehead atoms. The second-order valence-corrected chi connectivity index (χ2v) is 5.34. The molecule has 0 radical (unpaired) electrons. The number of rotatable bonds is 5. The standard InChI is InChI=1S/C12H17N3O3S/c1-2-4-18-11-7-13-6-10(14-11)15-3-5-19-8-9(15)12(16)17/h6-7,9H,2-5,8H2,1H3,(H,16,17). The number of ether oxygens (including phenoxy) is 1. The molecule has 2 rings (SSSR count). The van der Waals surface area contributed by atoms with E-state index in [0.717, 1.165) is 12.2 Å². The molecule has 1 atom stereocenters. The quantitative estimate of drug-likeness (QED) is 0.872. The van der Waals surface area contributed by atoms with Crippen molar-refractivity contribution in [1.82, 2.24) is 9.97 Å². The number of hydrogen-bond acceptors (Lipinski definition) is 6. The fourth-order valence-corrected chi connectivity index (χ4v) is 2.87. The summed E-state index contributed by atoms with van der Waals surface area (Å²) in [5.41, 5.74) is 0. The van der Waals surface area contributed by atoms with Crippen LogP contribution in [0.3, 0.4) is 0 Å². The lowest BCUT2D eigenvalue weighted by Gasteiger charge is -2.33. The molecule has 0 saturated carbocycles. The number of aromatic nitrogens is 2. The van der Waals surface area contributed by atoms with Crippen molar-refractivity contribution in [2.24, 2.45) is 0 Å². The highest BCUT2D eigenvalue weighted by Crippen LogP contribution is 2.23. The van der Waals surface area contributed by atoms with Crippen LogP contribution in [-0.4, -0.2) is 51.7 Å². The van der Waals surface area contributed by atoms with Crippen LogP contribution in [0.25, 0.3) is 0 Å². The Balaban J connectivity index is 2.16. The minimum atomic E-state index is -0.825. The summed E-state index contributed by atoms with van der Waals surface area (Å²) in [6.45, 7) is 3.25. The molecular weight excluding hydrogens is 266 g/mol. The molecule has 1 fully saturated rings. The molecule has 1 N–H and O–H groups in total. The smallest absolute Gasteiger partial charge is 0.327 e. The molecule has 1 unspecified atom stereocenters. The molecule has 7 heteroatoms. The Bertz CT molecular complexity index is 444. The summed E-state index contributed by atoms with van der Waals surface area (Å²) in [4.78, 5) is 21.5. The van der Waals surface area contributed by atoms with E-state index < -0.39 is 12.0 Å². The van der Waals surface area contributed by atoms with Gasteiger partial charge in [0.15, 0.2) is 5.82 Å². The summed E-state index contributed by atoms with van der Waals surface area (Å²) in [5.74, 6) is 1.65. The van der Waals surface area contributed by atoms with Crippen LogP contribution < -0.4 is 9.64 Å². The van der Waals surface area contributed by atoms with Crippen molar-refractivity contribution in [3.05, 3.63) is 12.4 Å². The van der Waals surface area contributed by atoms with Crippen molar-refractivity contribution in [1.29, 1.82) is 0 Å². The van der Waals surface area contributed by atoms with E-state index in [1.165, 1.54) is 0 Å². The summed E-state index contributed by atoms with van der Waals surface area (Å²) >= 11 is 1.65. The van der Waals surface area contributed by atoms with E-state index in [9.17, 15) is 9.90 Å².